The minimum Gasteiger partial charge on any atom is -0.504 e. The van der Waals surface area contributed by atoms with E-state index in [0.717, 1.165) is 5.56 Å². The SMILES string of the molecule is COc1cc(C=Nc2ccccc2N)ccc1O. The van der Waals surface area contributed by atoms with Gasteiger partial charge < -0.3 is 15.6 Å². The molecule has 4 nitrogen and oxygen atoms in total. The summed E-state index contributed by atoms with van der Waals surface area (Å²) >= 11 is 0. The van der Waals surface area contributed by atoms with Gasteiger partial charge in [-0.2, -0.15) is 0 Å². The highest BCUT2D eigenvalue weighted by molar-refractivity contribution is 5.84. The number of nitrogen functional groups attached to an aromatic ring is 1. The van der Waals surface area contributed by atoms with Crippen LogP contribution in [0.5, 0.6) is 11.5 Å². The molecule has 0 spiro atoms. The van der Waals surface area contributed by atoms with Gasteiger partial charge in [-0.3, -0.25) is 4.99 Å². The third-order valence-electron chi connectivity index (χ3n) is 2.49. The summed E-state index contributed by atoms with van der Waals surface area (Å²) in [4.78, 5) is 4.29. The van der Waals surface area contributed by atoms with Crippen LogP contribution in [0.2, 0.25) is 0 Å². The molecule has 0 unspecified atom stereocenters. The second-order valence-corrected chi connectivity index (χ2v) is 3.75. The van der Waals surface area contributed by atoms with E-state index in [0.29, 0.717) is 17.1 Å². The van der Waals surface area contributed by atoms with Gasteiger partial charge in [0.15, 0.2) is 11.5 Å². The second kappa shape index (κ2) is 5.23. The monoisotopic (exact) mass is 242 g/mol. The van der Waals surface area contributed by atoms with E-state index in [4.69, 9.17) is 10.5 Å². The van der Waals surface area contributed by atoms with Gasteiger partial charge in [0.2, 0.25) is 0 Å². The number of rotatable bonds is 3. The largest absolute Gasteiger partial charge is 0.504 e. The minimum atomic E-state index is 0.105. The number of hydrogen-bond acceptors (Lipinski definition) is 4. The molecule has 18 heavy (non-hydrogen) atoms. The Bertz CT molecular complexity index is 580. The molecule has 2 aromatic carbocycles. The summed E-state index contributed by atoms with van der Waals surface area (Å²) in [6.45, 7) is 0. The molecule has 0 aromatic heterocycles. The van der Waals surface area contributed by atoms with Crippen LogP contribution >= 0.6 is 0 Å². The van der Waals surface area contributed by atoms with Crippen LogP contribution in [0.25, 0.3) is 0 Å². The van der Waals surface area contributed by atoms with Crippen LogP contribution in [-0.2, 0) is 0 Å². The number of nitrogens with two attached hydrogens (primary N) is 1. The molecular weight excluding hydrogens is 228 g/mol. The van der Waals surface area contributed by atoms with Crippen LogP contribution in [0.4, 0.5) is 11.4 Å². The van der Waals surface area contributed by atoms with Crippen LogP contribution < -0.4 is 10.5 Å². The Kier molecular flexibility index (Phi) is 3.48. The first-order valence-electron chi connectivity index (χ1n) is 5.46. The number of methoxy groups -OCH3 is 1. The summed E-state index contributed by atoms with van der Waals surface area (Å²) in [6, 6.07) is 12.4. The van der Waals surface area contributed by atoms with Crippen molar-refractivity contribution in [3.05, 3.63) is 48.0 Å². The van der Waals surface area contributed by atoms with Crippen molar-refractivity contribution in [2.75, 3.05) is 12.8 Å². The number of hydrogen-bond donors (Lipinski definition) is 2. The van der Waals surface area contributed by atoms with E-state index < -0.39 is 0 Å². The number of benzene rings is 2. The summed E-state index contributed by atoms with van der Waals surface area (Å²) in [7, 11) is 1.51. The van der Waals surface area contributed by atoms with Gasteiger partial charge >= 0.3 is 0 Å². The van der Waals surface area contributed by atoms with E-state index in [1.807, 2.05) is 18.2 Å². The summed E-state index contributed by atoms with van der Waals surface area (Å²) in [5.74, 6) is 0.522. The topological polar surface area (TPSA) is 67.8 Å². The van der Waals surface area contributed by atoms with Crippen LogP contribution in [0, 0.1) is 0 Å². The first-order valence-corrected chi connectivity index (χ1v) is 5.46. The fourth-order valence-corrected chi connectivity index (χ4v) is 1.52. The minimum absolute atomic E-state index is 0.105. The first-order chi connectivity index (χ1) is 8.70. The zero-order valence-electron chi connectivity index (χ0n) is 10.00. The van der Waals surface area contributed by atoms with Crippen molar-refractivity contribution in [3.8, 4) is 11.5 Å². The molecule has 0 aliphatic rings. The number of phenols is 1. The molecule has 3 N–H and O–H groups in total. The summed E-state index contributed by atoms with van der Waals surface area (Å²) < 4.78 is 5.03. The molecule has 0 radical (unpaired) electrons. The number of para-hydroxylation sites is 2. The van der Waals surface area contributed by atoms with Crippen LogP contribution in [0.1, 0.15) is 5.56 Å². The van der Waals surface area contributed by atoms with E-state index in [2.05, 4.69) is 4.99 Å². The lowest BCUT2D eigenvalue weighted by Gasteiger charge is -2.03. The Morgan fingerprint density at radius 1 is 1.22 bits per heavy atom. The van der Waals surface area contributed by atoms with E-state index in [9.17, 15) is 5.11 Å². The van der Waals surface area contributed by atoms with Gasteiger partial charge in [0.05, 0.1) is 18.5 Å². The highest BCUT2D eigenvalue weighted by atomic mass is 16.5. The lowest BCUT2D eigenvalue weighted by atomic mass is 10.2. The maximum absolute atomic E-state index is 9.47. The van der Waals surface area contributed by atoms with Gasteiger partial charge in [0.1, 0.15) is 0 Å². The van der Waals surface area contributed by atoms with Crippen molar-refractivity contribution in [2.45, 2.75) is 0 Å². The maximum atomic E-state index is 9.47. The molecule has 0 aliphatic carbocycles. The third-order valence-corrected chi connectivity index (χ3v) is 2.49. The zero-order chi connectivity index (χ0) is 13.0. The fourth-order valence-electron chi connectivity index (χ4n) is 1.52. The summed E-state index contributed by atoms with van der Waals surface area (Å²) in [6.07, 6.45) is 1.67. The van der Waals surface area contributed by atoms with Crippen molar-refractivity contribution in [1.29, 1.82) is 0 Å². The molecule has 0 fully saturated rings. The average molecular weight is 242 g/mol. The molecule has 2 aromatic rings. The molecular formula is C14H14N2O2. The van der Waals surface area contributed by atoms with Crippen LogP contribution in [0.15, 0.2) is 47.5 Å². The number of anilines is 1. The van der Waals surface area contributed by atoms with Crippen molar-refractivity contribution >= 4 is 17.6 Å². The zero-order valence-corrected chi connectivity index (χ0v) is 10.00. The molecule has 0 heterocycles. The molecule has 0 bridgehead atoms. The normalized spacial score (nSPS) is 10.7. The average Bonchev–Trinajstić information content (AvgIpc) is 2.39. The maximum Gasteiger partial charge on any atom is 0.161 e. The van der Waals surface area contributed by atoms with Gasteiger partial charge in [0.25, 0.3) is 0 Å². The molecule has 2 rings (SSSR count). The predicted octanol–water partition coefficient (Wildman–Crippen LogP) is 2.73. The molecule has 0 saturated heterocycles. The van der Waals surface area contributed by atoms with Gasteiger partial charge in [0, 0.05) is 6.21 Å². The lowest BCUT2D eigenvalue weighted by molar-refractivity contribution is 0.373. The number of aliphatic imine (C=N–C) groups is 1. The predicted molar refractivity (Wildman–Crippen MR) is 72.8 cm³/mol. The van der Waals surface area contributed by atoms with Gasteiger partial charge in [-0.05, 0) is 35.9 Å². The van der Waals surface area contributed by atoms with Crippen molar-refractivity contribution in [2.24, 2.45) is 4.99 Å². The number of ether oxygens (including phenoxy) is 1. The van der Waals surface area contributed by atoms with E-state index in [1.165, 1.54) is 7.11 Å². The Hall–Kier alpha value is -2.49. The van der Waals surface area contributed by atoms with E-state index in [1.54, 1.807) is 30.5 Å². The van der Waals surface area contributed by atoms with Crippen molar-refractivity contribution in [3.63, 3.8) is 0 Å². The molecule has 0 aliphatic heterocycles. The van der Waals surface area contributed by atoms with Gasteiger partial charge in [-0.25, -0.2) is 0 Å². The smallest absolute Gasteiger partial charge is 0.161 e. The van der Waals surface area contributed by atoms with Crippen LogP contribution in [0.3, 0.4) is 0 Å². The summed E-state index contributed by atoms with van der Waals surface area (Å²) in [5.41, 5.74) is 7.95. The third kappa shape index (κ3) is 2.60. The number of aromatic hydroxyl groups is 1. The van der Waals surface area contributed by atoms with Gasteiger partial charge in [-0.15, -0.1) is 0 Å². The van der Waals surface area contributed by atoms with E-state index >= 15 is 0 Å². The molecule has 0 amide bonds. The Morgan fingerprint density at radius 2 is 2.00 bits per heavy atom. The molecule has 0 saturated carbocycles. The molecule has 92 valence electrons. The Labute approximate surface area is 105 Å². The second-order valence-electron chi connectivity index (χ2n) is 3.75. The Balaban J connectivity index is 2.27. The van der Waals surface area contributed by atoms with Gasteiger partial charge in [-0.1, -0.05) is 12.1 Å². The highest BCUT2D eigenvalue weighted by Crippen LogP contribution is 2.26. The highest BCUT2D eigenvalue weighted by Gasteiger charge is 2.01. The Morgan fingerprint density at radius 3 is 2.72 bits per heavy atom. The van der Waals surface area contributed by atoms with Crippen molar-refractivity contribution in [1.82, 2.24) is 0 Å². The quantitative estimate of drug-likeness (QED) is 0.642. The number of nitrogens with zero attached hydrogens (tertiary/aromatic N) is 1. The lowest BCUT2D eigenvalue weighted by Crippen LogP contribution is -1.88. The first kappa shape index (κ1) is 12.0. The summed E-state index contributed by atoms with van der Waals surface area (Å²) in [5, 5.41) is 9.47. The fraction of sp³-hybridized carbons (Fsp3) is 0.0714. The van der Waals surface area contributed by atoms with Crippen LogP contribution in [-0.4, -0.2) is 18.4 Å². The molecule has 0 atom stereocenters. The standard InChI is InChI=1S/C14H14N2O2/c1-18-14-8-10(6-7-13(14)17)9-16-12-5-3-2-4-11(12)15/h2-9,17H,15H2,1H3. The number of phenolic OH excluding ortho intramolecular Hbond substituents is 1. The molecule has 4 heteroatoms. The van der Waals surface area contributed by atoms with Crippen molar-refractivity contribution < 1.29 is 9.84 Å². The van der Waals surface area contributed by atoms with E-state index in [-0.39, 0.29) is 5.75 Å².